The average molecular weight is 721 g/mol. The van der Waals surface area contributed by atoms with Crippen LogP contribution in [0.25, 0.3) is 42.7 Å². The molecule has 1 radical (unpaired) electrons. The van der Waals surface area contributed by atoms with Crippen molar-refractivity contribution in [3.63, 3.8) is 0 Å². The van der Waals surface area contributed by atoms with Gasteiger partial charge in [0.25, 0.3) is 0 Å². The predicted molar refractivity (Wildman–Crippen MR) is 167 cm³/mol. The van der Waals surface area contributed by atoms with E-state index in [2.05, 4.69) is 98.1 Å². The van der Waals surface area contributed by atoms with Gasteiger partial charge >= 0.3 is 0 Å². The van der Waals surface area contributed by atoms with Gasteiger partial charge in [0.1, 0.15) is 0 Å². The smallest absolute Gasteiger partial charge is 0.0776 e. The van der Waals surface area contributed by atoms with Gasteiger partial charge in [-0.15, -0.1) is 59.7 Å². The zero-order chi connectivity index (χ0) is 26.7. The van der Waals surface area contributed by atoms with E-state index >= 15 is 0 Å². The van der Waals surface area contributed by atoms with Crippen molar-refractivity contribution in [2.75, 3.05) is 0 Å². The molecule has 6 rings (SSSR count). The zero-order valence-electron chi connectivity index (χ0n) is 23.0. The first-order chi connectivity index (χ1) is 18.3. The summed E-state index contributed by atoms with van der Waals surface area (Å²) < 4.78 is 2.66. The number of fused-ring (bicyclic) bond motifs is 3. The number of rotatable bonds is 4. The van der Waals surface area contributed by atoms with E-state index in [9.17, 15) is 0 Å². The van der Waals surface area contributed by atoms with Crippen LogP contribution < -0.4 is 5.19 Å². The second-order valence-corrected chi connectivity index (χ2v) is 16.9. The largest absolute Gasteiger partial charge is 0.305 e. The third-order valence-electron chi connectivity index (χ3n) is 6.66. The summed E-state index contributed by atoms with van der Waals surface area (Å²) in [5, 5.41) is 4.17. The van der Waals surface area contributed by atoms with E-state index in [0.29, 0.717) is 5.92 Å². The van der Waals surface area contributed by atoms with Gasteiger partial charge in [0.2, 0.25) is 0 Å². The van der Waals surface area contributed by atoms with Gasteiger partial charge in [-0.3, -0.25) is 0 Å². The Labute approximate surface area is 250 Å². The van der Waals surface area contributed by atoms with Gasteiger partial charge < -0.3 is 9.97 Å². The molecule has 3 heterocycles. The Morgan fingerprint density at radius 2 is 1.59 bits per heavy atom. The molecule has 3 aromatic heterocycles. The van der Waals surface area contributed by atoms with E-state index in [0.717, 1.165) is 22.5 Å². The van der Waals surface area contributed by atoms with Gasteiger partial charge in [0, 0.05) is 37.2 Å². The second kappa shape index (κ2) is 12.5. The molecule has 3 aromatic carbocycles. The van der Waals surface area contributed by atoms with Crippen molar-refractivity contribution in [3.8, 4) is 22.5 Å². The van der Waals surface area contributed by atoms with Crippen LogP contribution in [0.15, 0.2) is 97.3 Å². The first kappa shape index (κ1) is 29.0. The minimum absolute atomic E-state index is 0. The monoisotopic (exact) mass is 721 g/mol. The van der Waals surface area contributed by atoms with Crippen molar-refractivity contribution in [3.05, 3.63) is 115 Å². The molecule has 5 heteroatoms. The molecule has 0 fully saturated rings. The number of benzene rings is 3. The van der Waals surface area contributed by atoms with Crippen molar-refractivity contribution in [2.24, 2.45) is 0 Å². The molecule has 6 aromatic rings. The Kier molecular flexibility index (Phi) is 9.29. The van der Waals surface area contributed by atoms with Crippen molar-refractivity contribution in [1.29, 1.82) is 0 Å². The summed E-state index contributed by atoms with van der Waals surface area (Å²) in [6.07, 6.45) is 3.79. The molecule has 0 bridgehead atoms. The van der Waals surface area contributed by atoms with Crippen molar-refractivity contribution in [2.45, 2.75) is 39.4 Å². The maximum absolute atomic E-state index is 4.51. The van der Waals surface area contributed by atoms with Crippen LogP contribution >= 0.6 is 11.3 Å². The Morgan fingerprint density at radius 3 is 2.23 bits per heavy atom. The van der Waals surface area contributed by atoms with Crippen molar-refractivity contribution >= 4 is 44.8 Å². The number of thiophene rings is 1. The first-order valence-corrected chi connectivity index (χ1v) is 17.3. The molecular weight excluding hydrogens is 689 g/mol. The van der Waals surface area contributed by atoms with E-state index in [1.807, 2.05) is 66.2 Å². The zero-order valence-corrected chi connectivity index (χ0v) is 27.2. The molecule has 2 nitrogen and oxygen atoms in total. The van der Waals surface area contributed by atoms with E-state index in [1.54, 1.807) is 0 Å². The summed E-state index contributed by atoms with van der Waals surface area (Å²) in [6, 6.07) is 35.9. The fourth-order valence-corrected chi connectivity index (χ4v) is 6.88. The van der Waals surface area contributed by atoms with E-state index in [1.165, 1.54) is 30.9 Å². The topological polar surface area (TPSA) is 25.8 Å². The second-order valence-electron chi connectivity index (χ2n) is 10.8. The minimum atomic E-state index is -1.29. The average Bonchev–Trinajstić information content (AvgIpc) is 3.32. The van der Waals surface area contributed by atoms with E-state index in [4.69, 9.17) is 0 Å². The van der Waals surface area contributed by atoms with E-state index in [-0.39, 0.29) is 20.1 Å². The summed E-state index contributed by atoms with van der Waals surface area (Å²) in [6.45, 7) is 11.5. The summed E-state index contributed by atoms with van der Waals surface area (Å²) in [5.74, 6) is 0.534. The maximum Gasteiger partial charge on any atom is 0.0776 e. The van der Waals surface area contributed by atoms with Gasteiger partial charge in [0.15, 0.2) is 0 Å². The van der Waals surface area contributed by atoms with Crippen LogP contribution in [0.4, 0.5) is 0 Å². The van der Waals surface area contributed by atoms with Crippen molar-refractivity contribution < 1.29 is 20.1 Å². The SMILES string of the molecule is CC(C)c1ccc(-c2[c-]cccc2)nc1.C[Si](C)(C)c1ccc2c(c1)sc1c(-c3ccccn3)[c-]ccc12.[Ir]. The molecule has 0 spiro atoms. The fourth-order valence-electron chi connectivity index (χ4n) is 4.37. The van der Waals surface area contributed by atoms with E-state index < -0.39 is 8.07 Å². The number of nitrogens with zero attached hydrogens (tertiary/aromatic N) is 2. The van der Waals surface area contributed by atoms with Crippen molar-refractivity contribution in [1.82, 2.24) is 9.97 Å². The van der Waals surface area contributed by atoms with Gasteiger partial charge in [-0.05, 0) is 45.1 Å². The summed E-state index contributed by atoms with van der Waals surface area (Å²) in [4.78, 5) is 8.95. The molecular formula is C34H32IrN2SSi-2. The molecule has 0 amide bonds. The van der Waals surface area contributed by atoms with Crippen LogP contribution in [-0.2, 0) is 20.1 Å². The number of aromatic nitrogens is 2. The molecule has 0 atom stereocenters. The Morgan fingerprint density at radius 1 is 0.769 bits per heavy atom. The number of hydrogen-bond donors (Lipinski definition) is 0. The molecule has 0 aliphatic rings. The predicted octanol–water partition coefficient (Wildman–Crippen LogP) is 9.13. The summed E-state index contributed by atoms with van der Waals surface area (Å²) in [7, 11) is -1.29. The van der Waals surface area contributed by atoms with Gasteiger partial charge in [-0.25, -0.2) is 0 Å². The van der Waals surface area contributed by atoms with Crippen LogP contribution in [-0.4, -0.2) is 18.0 Å². The fraction of sp³-hybridized carbons (Fsp3) is 0.176. The van der Waals surface area contributed by atoms with Gasteiger partial charge in [-0.1, -0.05) is 80.5 Å². The molecule has 0 aliphatic carbocycles. The quantitative estimate of drug-likeness (QED) is 0.134. The summed E-state index contributed by atoms with van der Waals surface area (Å²) >= 11 is 1.86. The standard InChI is InChI=1S/C20H18NSSi.C14H14N.Ir/c1-23(2,3)14-10-11-15-16-7-6-8-17(18-9-4-5-12-21-18)20(16)22-19(15)13-14;1-11(2)13-8-9-14(15-10-13)12-6-4-3-5-7-12;/h4-7,9-13H,1-3H3;3-6,8-11H,1-2H3;/q2*-1;. The normalized spacial score (nSPS) is 11.2. The van der Waals surface area contributed by atoms with Crippen LogP contribution in [0.2, 0.25) is 19.6 Å². The Bertz CT molecular complexity index is 1660. The maximum atomic E-state index is 4.51. The van der Waals surface area contributed by atoms with Gasteiger partial charge in [0.05, 0.1) is 8.07 Å². The Balaban J connectivity index is 0.000000192. The minimum Gasteiger partial charge on any atom is -0.305 e. The van der Waals surface area contributed by atoms with Crippen LogP contribution in [0, 0.1) is 12.1 Å². The molecule has 0 aliphatic heterocycles. The Hall–Kier alpha value is -2.95. The molecule has 0 saturated carbocycles. The molecule has 39 heavy (non-hydrogen) atoms. The molecule has 0 N–H and O–H groups in total. The van der Waals surface area contributed by atoms with Crippen LogP contribution in [0.3, 0.4) is 0 Å². The first-order valence-electron chi connectivity index (χ1n) is 13.0. The third kappa shape index (κ3) is 6.62. The third-order valence-corrected chi connectivity index (χ3v) is 9.89. The molecule has 199 valence electrons. The summed E-state index contributed by atoms with van der Waals surface area (Å²) in [5.41, 5.74) is 5.41. The number of hydrogen-bond acceptors (Lipinski definition) is 3. The number of pyridine rings is 2. The molecule has 0 saturated heterocycles. The molecule has 0 unspecified atom stereocenters. The van der Waals surface area contributed by atoms with Crippen LogP contribution in [0.5, 0.6) is 0 Å². The van der Waals surface area contributed by atoms with Gasteiger partial charge in [-0.2, -0.15) is 11.3 Å². The van der Waals surface area contributed by atoms with Crippen LogP contribution in [0.1, 0.15) is 25.3 Å².